The fourth-order valence-electron chi connectivity index (χ4n) is 1.70. The fourth-order valence-corrected chi connectivity index (χ4v) is 4.27. The quantitative estimate of drug-likeness (QED) is 0.845. The van der Waals surface area contributed by atoms with Gasteiger partial charge >= 0.3 is 0 Å². The van der Waals surface area contributed by atoms with Crippen LogP contribution in [0.25, 0.3) is 10.6 Å². The molecule has 104 valence electrons. The molecule has 8 heteroatoms. The van der Waals surface area contributed by atoms with Crippen molar-refractivity contribution in [3.63, 3.8) is 0 Å². The Bertz CT molecular complexity index is 789. The average molecular weight is 334 g/mol. The molecule has 0 radical (unpaired) electrons. The average Bonchev–Trinajstić information content (AvgIpc) is 3.12. The minimum Gasteiger partial charge on any atom is -0.397 e. The number of nitriles is 1. The normalized spacial score (nSPS) is 16.5. The lowest BCUT2D eigenvalue weighted by Gasteiger charge is -2.05. The predicted octanol–water partition coefficient (Wildman–Crippen LogP) is 3.64. The SMILES string of the molecule is N#C/C(=C1/SC=C(c2ncc(N)cc2Cl)S1)n1ccnc1. The van der Waals surface area contributed by atoms with Gasteiger partial charge in [0, 0.05) is 17.3 Å². The zero-order valence-corrected chi connectivity index (χ0v) is 12.9. The van der Waals surface area contributed by atoms with E-state index in [0.29, 0.717) is 22.1 Å². The van der Waals surface area contributed by atoms with Crippen LogP contribution in [0.2, 0.25) is 5.02 Å². The van der Waals surface area contributed by atoms with Crippen LogP contribution in [0.5, 0.6) is 0 Å². The molecular formula is C13H8ClN5S2. The van der Waals surface area contributed by atoms with E-state index < -0.39 is 0 Å². The molecule has 5 nitrogen and oxygen atoms in total. The second-order valence-electron chi connectivity index (χ2n) is 4.02. The van der Waals surface area contributed by atoms with Crippen LogP contribution >= 0.6 is 35.1 Å². The third-order valence-electron chi connectivity index (χ3n) is 2.63. The van der Waals surface area contributed by atoms with Crippen LogP contribution in [0.4, 0.5) is 5.69 Å². The molecule has 0 saturated heterocycles. The van der Waals surface area contributed by atoms with Crippen molar-refractivity contribution in [1.29, 1.82) is 5.26 Å². The molecule has 3 heterocycles. The highest BCUT2D eigenvalue weighted by Crippen LogP contribution is 2.51. The second-order valence-corrected chi connectivity index (χ2v) is 6.62. The molecule has 2 aromatic heterocycles. The molecule has 0 aliphatic carbocycles. The lowest BCUT2D eigenvalue weighted by Crippen LogP contribution is -1.93. The molecule has 0 aromatic carbocycles. The molecule has 0 spiro atoms. The molecule has 3 rings (SSSR count). The van der Waals surface area contributed by atoms with Crippen molar-refractivity contribution >= 4 is 51.4 Å². The van der Waals surface area contributed by atoms with E-state index in [4.69, 9.17) is 17.3 Å². The maximum Gasteiger partial charge on any atom is 0.146 e. The number of nitrogen functional groups attached to an aromatic ring is 1. The van der Waals surface area contributed by atoms with Crippen molar-refractivity contribution in [2.24, 2.45) is 0 Å². The van der Waals surface area contributed by atoms with Gasteiger partial charge in [0.05, 0.1) is 33.2 Å². The van der Waals surface area contributed by atoms with Crippen LogP contribution in [-0.4, -0.2) is 14.5 Å². The van der Waals surface area contributed by atoms with Crippen LogP contribution in [0.1, 0.15) is 5.69 Å². The molecule has 0 unspecified atom stereocenters. The van der Waals surface area contributed by atoms with Gasteiger partial charge in [-0.15, -0.1) is 0 Å². The van der Waals surface area contributed by atoms with Crippen molar-refractivity contribution in [2.75, 3.05) is 5.73 Å². The molecule has 0 bridgehead atoms. The summed E-state index contributed by atoms with van der Waals surface area (Å²) < 4.78 is 2.55. The molecule has 2 N–H and O–H groups in total. The van der Waals surface area contributed by atoms with E-state index in [2.05, 4.69) is 16.0 Å². The molecular weight excluding hydrogens is 326 g/mol. The lowest BCUT2D eigenvalue weighted by molar-refractivity contribution is 1.10. The number of anilines is 1. The van der Waals surface area contributed by atoms with Crippen LogP contribution in [0, 0.1) is 11.3 Å². The Morgan fingerprint density at radius 3 is 3.00 bits per heavy atom. The first-order valence-electron chi connectivity index (χ1n) is 5.78. The van der Waals surface area contributed by atoms with E-state index in [9.17, 15) is 5.26 Å². The van der Waals surface area contributed by atoms with E-state index in [-0.39, 0.29) is 0 Å². The van der Waals surface area contributed by atoms with E-state index in [0.717, 1.165) is 9.14 Å². The second kappa shape index (κ2) is 5.85. The van der Waals surface area contributed by atoms with E-state index in [1.165, 1.54) is 23.5 Å². The summed E-state index contributed by atoms with van der Waals surface area (Å²) in [4.78, 5) is 9.11. The topological polar surface area (TPSA) is 80.5 Å². The van der Waals surface area contributed by atoms with Gasteiger partial charge in [-0.2, -0.15) is 5.26 Å². The monoisotopic (exact) mass is 333 g/mol. The third kappa shape index (κ3) is 2.78. The summed E-state index contributed by atoms with van der Waals surface area (Å²) in [6, 6.07) is 3.86. The van der Waals surface area contributed by atoms with E-state index >= 15 is 0 Å². The summed E-state index contributed by atoms with van der Waals surface area (Å²) in [7, 11) is 0. The molecule has 1 aliphatic rings. The highest BCUT2D eigenvalue weighted by atomic mass is 35.5. The first-order valence-corrected chi connectivity index (χ1v) is 7.85. The third-order valence-corrected chi connectivity index (χ3v) is 5.28. The van der Waals surface area contributed by atoms with Gasteiger partial charge in [0.25, 0.3) is 0 Å². The Balaban J connectivity index is 1.93. The Labute approximate surface area is 134 Å². The fraction of sp³-hybridized carbons (Fsp3) is 0. The summed E-state index contributed by atoms with van der Waals surface area (Å²) >= 11 is 9.10. The number of hydrogen-bond donors (Lipinski definition) is 1. The van der Waals surface area contributed by atoms with Gasteiger partial charge in [0.2, 0.25) is 0 Å². The van der Waals surface area contributed by atoms with Crippen molar-refractivity contribution in [3.8, 4) is 6.07 Å². The summed E-state index contributed by atoms with van der Waals surface area (Å²) in [5.74, 6) is 0. The highest BCUT2D eigenvalue weighted by molar-refractivity contribution is 8.31. The summed E-state index contributed by atoms with van der Waals surface area (Å²) in [6.45, 7) is 0. The number of imidazole rings is 1. The smallest absolute Gasteiger partial charge is 0.146 e. The molecule has 1 aliphatic heterocycles. The van der Waals surface area contributed by atoms with Gasteiger partial charge in [-0.25, -0.2) is 4.98 Å². The number of nitrogens with two attached hydrogens (primary N) is 1. The predicted molar refractivity (Wildman–Crippen MR) is 87.9 cm³/mol. The summed E-state index contributed by atoms with van der Waals surface area (Å²) in [5.41, 5.74) is 7.36. The Hall–Kier alpha value is -1.88. The maximum absolute atomic E-state index is 9.34. The number of rotatable bonds is 2. The number of nitrogens with zero attached hydrogens (tertiary/aromatic N) is 4. The van der Waals surface area contributed by atoms with E-state index in [1.54, 1.807) is 35.6 Å². The van der Waals surface area contributed by atoms with Crippen LogP contribution in [0.15, 0.2) is 40.6 Å². The van der Waals surface area contributed by atoms with Gasteiger partial charge in [0.15, 0.2) is 0 Å². The lowest BCUT2D eigenvalue weighted by atomic mass is 10.3. The number of allylic oxidation sites excluding steroid dienone is 1. The van der Waals surface area contributed by atoms with Crippen LogP contribution in [-0.2, 0) is 0 Å². The van der Waals surface area contributed by atoms with Crippen molar-refractivity contribution in [2.45, 2.75) is 0 Å². The van der Waals surface area contributed by atoms with Gasteiger partial charge in [-0.1, -0.05) is 35.1 Å². The van der Waals surface area contributed by atoms with E-state index in [1.807, 2.05) is 5.41 Å². The molecule has 0 amide bonds. The molecule has 2 aromatic rings. The minimum absolute atomic E-state index is 0.497. The van der Waals surface area contributed by atoms with Crippen molar-refractivity contribution < 1.29 is 0 Å². The van der Waals surface area contributed by atoms with Crippen molar-refractivity contribution in [1.82, 2.24) is 14.5 Å². The first-order chi connectivity index (χ1) is 10.2. The Kier molecular flexibility index (Phi) is 3.92. The zero-order valence-electron chi connectivity index (χ0n) is 10.5. The standard InChI is InChI=1S/C13H8ClN5S2/c14-9-3-8(16)5-18-12(9)11-6-20-13(21-11)10(4-15)19-2-1-17-7-19/h1-3,5-7H,16H2/b13-10+. The first kappa shape index (κ1) is 14.1. The van der Waals surface area contributed by atoms with Gasteiger partial charge < -0.3 is 5.73 Å². The Morgan fingerprint density at radius 2 is 2.33 bits per heavy atom. The highest BCUT2D eigenvalue weighted by Gasteiger charge is 2.21. The Morgan fingerprint density at radius 1 is 1.48 bits per heavy atom. The number of halogens is 1. The summed E-state index contributed by atoms with van der Waals surface area (Å²) in [5, 5.41) is 11.8. The number of thioether (sulfide) groups is 2. The number of hydrogen-bond acceptors (Lipinski definition) is 6. The zero-order chi connectivity index (χ0) is 14.8. The van der Waals surface area contributed by atoms with Gasteiger partial charge in [0.1, 0.15) is 11.8 Å². The molecule has 0 fully saturated rings. The summed E-state index contributed by atoms with van der Waals surface area (Å²) in [6.07, 6.45) is 6.53. The molecule has 0 saturated carbocycles. The molecule has 21 heavy (non-hydrogen) atoms. The largest absolute Gasteiger partial charge is 0.397 e. The number of pyridine rings is 1. The van der Waals surface area contributed by atoms with Gasteiger partial charge in [-0.05, 0) is 11.5 Å². The molecule has 0 atom stereocenters. The van der Waals surface area contributed by atoms with Crippen molar-refractivity contribution in [3.05, 3.63) is 51.3 Å². The maximum atomic E-state index is 9.34. The van der Waals surface area contributed by atoms with Gasteiger partial charge in [-0.3, -0.25) is 9.55 Å². The number of aromatic nitrogens is 3. The minimum atomic E-state index is 0.497. The van der Waals surface area contributed by atoms with Crippen LogP contribution in [0.3, 0.4) is 0 Å². The van der Waals surface area contributed by atoms with Crippen LogP contribution < -0.4 is 5.73 Å².